The van der Waals surface area contributed by atoms with E-state index in [0.717, 1.165) is 24.2 Å². The van der Waals surface area contributed by atoms with Gasteiger partial charge in [-0.3, -0.25) is 9.69 Å². The minimum absolute atomic E-state index is 0.0177. The van der Waals surface area contributed by atoms with Crippen molar-refractivity contribution in [2.75, 3.05) is 39.3 Å². The number of terminal acetylenes is 1. The van der Waals surface area contributed by atoms with Gasteiger partial charge in [0.1, 0.15) is 4.21 Å². The average Bonchev–Trinajstić information content (AvgIpc) is 3.40. The van der Waals surface area contributed by atoms with Gasteiger partial charge < -0.3 is 4.90 Å². The number of amides is 1. The topological polar surface area (TPSA) is 60.9 Å². The number of carbonyl (C=O) groups excluding carboxylic acids is 1. The number of carbonyl (C=O) groups is 1. The molecule has 0 radical (unpaired) electrons. The zero-order valence-electron chi connectivity index (χ0n) is 17.0. The third-order valence-corrected chi connectivity index (χ3v) is 9.51. The Hall–Kier alpha value is -1.89. The number of fused-ring (bicyclic) bond motifs is 1. The molecule has 2 aliphatic rings. The second-order valence-corrected chi connectivity index (χ2v) is 11.6. The number of aryl methyl sites for hydroxylation is 1. The van der Waals surface area contributed by atoms with Gasteiger partial charge in [-0.2, -0.15) is 4.31 Å². The minimum atomic E-state index is -3.58. The number of hydrogen-bond acceptors (Lipinski definition) is 5. The predicted molar refractivity (Wildman–Crippen MR) is 123 cm³/mol. The van der Waals surface area contributed by atoms with E-state index in [1.807, 2.05) is 12.1 Å². The van der Waals surface area contributed by atoms with Crippen LogP contribution in [0.1, 0.15) is 23.6 Å². The van der Waals surface area contributed by atoms with Crippen molar-refractivity contribution in [3.8, 4) is 12.3 Å². The molecule has 1 aromatic heterocycles. The summed E-state index contributed by atoms with van der Waals surface area (Å²) < 4.78 is 27.6. The molecule has 1 saturated heterocycles. The fourth-order valence-electron chi connectivity index (χ4n) is 4.32. The molecule has 0 spiro atoms. The lowest BCUT2D eigenvalue weighted by molar-refractivity contribution is -0.134. The van der Waals surface area contributed by atoms with E-state index in [1.54, 1.807) is 11.0 Å². The van der Waals surface area contributed by atoms with Crippen molar-refractivity contribution >= 4 is 38.9 Å². The lowest BCUT2D eigenvalue weighted by atomic mass is 10.1. The molecule has 1 unspecified atom stereocenters. The van der Waals surface area contributed by atoms with Gasteiger partial charge >= 0.3 is 0 Å². The first kappa shape index (κ1) is 22.3. The molecule has 0 saturated carbocycles. The van der Waals surface area contributed by atoms with Crippen molar-refractivity contribution in [3.05, 3.63) is 51.9 Å². The highest BCUT2D eigenvalue weighted by atomic mass is 35.5. The van der Waals surface area contributed by atoms with E-state index >= 15 is 0 Å². The third kappa shape index (κ3) is 4.66. The first-order valence-electron chi connectivity index (χ1n) is 10.2. The van der Waals surface area contributed by atoms with Crippen molar-refractivity contribution < 1.29 is 13.2 Å². The highest BCUT2D eigenvalue weighted by Gasteiger charge is 2.33. The molecule has 9 heteroatoms. The van der Waals surface area contributed by atoms with Crippen molar-refractivity contribution in [2.45, 2.75) is 23.1 Å². The quantitative estimate of drug-likeness (QED) is 0.600. The van der Waals surface area contributed by atoms with Crippen LogP contribution in [-0.4, -0.2) is 67.7 Å². The van der Waals surface area contributed by atoms with Crippen LogP contribution in [0.25, 0.3) is 0 Å². The van der Waals surface area contributed by atoms with E-state index in [-0.39, 0.29) is 35.8 Å². The van der Waals surface area contributed by atoms with Crippen LogP contribution in [0.15, 0.2) is 40.6 Å². The molecule has 4 rings (SSSR count). The van der Waals surface area contributed by atoms with E-state index in [4.69, 9.17) is 18.0 Å². The van der Waals surface area contributed by atoms with E-state index in [0.29, 0.717) is 24.0 Å². The standard InChI is InChI=1S/C22H24ClN3O3S2/c1-2-11-25(19-8-7-17-5-3-4-6-18(17)19)16-21(27)24-12-14-26(15-13-24)31(28,29)22-10-9-20(23)30-22/h1,3-6,9-10,19H,7-8,11-16H2. The SMILES string of the molecule is C#CCN(CC(=O)N1CCN(S(=O)(=O)c2ccc(Cl)s2)CC1)C1CCc2ccccc21. The lowest BCUT2D eigenvalue weighted by Crippen LogP contribution is -2.52. The molecule has 164 valence electrons. The Balaban J connectivity index is 1.39. The molecule has 31 heavy (non-hydrogen) atoms. The first-order chi connectivity index (χ1) is 14.9. The molecule has 2 aromatic rings. The van der Waals surface area contributed by atoms with Gasteiger partial charge in [-0.05, 0) is 36.1 Å². The van der Waals surface area contributed by atoms with Crippen LogP contribution >= 0.6 is 22.9 Å². The monoisotopic (exact) mass is 477 g/mol. The summed E-state index contributed by atoms with van der Waals surface area (Å²) >= 11 is 6.94. The van der Waals surface area contributed by atoms with Gasteiger partial charge in [-0.25, -0.2) is 8.42 Å². The van der Waals surface area contributed by atoms with Gasteiger partial charge in [0, 0.05) is 32.2 Å². The summed E-state index contributed by atoms with van der Waals surface area (Å²) in [7, 11) is -3.58. The number of rotatable bonds is 6. The second-order valence-electron chi connectivity index (χ2n) is 7.71. The van der Waals surface area contributed by atoms with E-state index in [1.165, 1.54) is 21.5 Å². The van der Waals surface area contributed by atoms with Crippen LogP contribution in [0.3, 0.4) is 0 Å². The first-order valence-corrected chi connectivity index (χ1v) is 12.8. The smallest absolute Gasteiger partial charge is 0.252 e. The largest absolute Gasteiger partial charge is 0.339 e. The van der Waals surface area contributed by atoms with E-state index in [9.17, 15) is 13.2 Å². The Morgan fingerprint density at radius 1 is 1.19 bits per heavy atom. The normalized spacial score (nSPS) is 19.4. The molecular weight excluding hydrogens is 454 g/mol. The van der Waals surface area contributed by atoms with Gasteiger partial charge in [-0.15, -0.1) is 17.8 Å². The van der Waals surface area contributed by atoms with Gasteiger partial charge in [0.2, 0.25) is 5.91 Å². The number of thiophene rings is 1. The molecule has 1 fully saturated rings. The van der Waals surface area contributed by atoms with Gasteiger partial charge in [0.25, 0.3) is 10.0 Å². The van der Waals surface area contributed by atoms with Crippen LogP contribution in [-0.2, 0) is 21.2 Å². The highest BCUT2D eigenvalue weighted by Crippen LogP contribution is 2.35. The van der Waals surface area contributed by atoms with Gasteiger partial charge in [0.05, 0.1) is 17.4 Å². The van der Waals surface area contributed by atoms with Crippen LogP contribution in [0.2, 0.25) is 4.34 Å². The average molecular weight is 478 g/mol. The van der Waals surface area contributed by atoms with Crippen molar-refractivity contribution in [1.29, 1.82) is 0 Å². The van der Waals surface area contributed by atoms with Crippen LogP contribution in [0.5, 0.6) is 0 Å². The van der Waals surface area contributed by atoms with Crippen molar-refractivity contribution in [2.24, 2.45) is 0 Å². The number of sulfonamides is 1. The Kier molecular flexibility index (Phi) is 6.70. The maximum atomic E-state index is 13.0. The number of hydrogen-bond donors (Lipinski definition) is 0. The summed E-state index contributed by atoms with van der Waals surface area (Å²) in [6.45, 7) is 1.90. The molecule has 0 bridgehead atoms. The zero-order valence-corrected chi connectivity index (χ0v) is 19.4. The second kappa shape index (κ2) is 9.31. The highest BCUT2D eigenvalue weighted by molar-refractivity contribution is 7.91. The maximum absolute atomic E-state index is 13.0. The maximum Gasteiger partial charge on any atom is 0.252 e. The minimum Gasteiger partial charge on any atom is -0.339 e. The molecule has 6 nitrogen and oxygen atoms in total. The summed E-state index contributed by atoms with van der Waals surface area (Å²) in [5, 5.41) is 0. The van der Waals surface area contributed by atoms with E-state index in [2.05, 4.69) is 23.0 Å². The summed E-state index contributed by atoms with van der Waals surface area (Å²) in [4.78, 5) is 16.8. The summed E-state index contributed by atoms with van der Waals surface area (Å²) in [6.07, 6.45) is 7.53. The molecule has 1 aliphatic carbocycles. The zero-order chi connectivity index (χ0) is 22.0. The Morgan fingerprint density at radius 2 is 1.94 bits per heavy atom. The fraction of sp³-hybridized carbons (Fsp3) is 0.409. The van der Waals surface area contributed by atoms with Gasteiger partial charge in [-0.1, -0.05) is 41.8 Å². The molecule has 0 N–H and O–H groups in total. The van der Waals surface area contributed by atoms with Gasteiger partial charge in [0.15, 0.2) is 0 Å². The van der Waals surface area contributed by atoms with Crippen LogP contribution in [0, 0.1) is 12.3 Å². The molecule has 1 aromatic carbocycles. The Morgan fingerprint density at radius 3 is 2.61 bits per heavy atom. The van der Waals surface area contributed by atoms with Crippen LogP contribution in [0.4, 0.5) is 0 Å². The molecule has 1 aliphatic heterocycles. The predicted octanol–water partition coefficient (Wildman–Crippen LogP) is 2.86. The summed E-state index contributed by atoms with van der Waals surface area (Å²) in [5.41, 5.74) is 2.56. The summed E-state index contributed by atoms with van der Waals surface area (Å²) in [5.74, 6) is 2.67. The molecule has 1 amide bonds. The number of piperazine rings is 1. The number of benzene rings is 1. The molecule has 1 atom stereocenters. The summed E-state index contributed by atoms with van der Waals surface area (Å²) in [6, 6.07) is 11.6. The number of nitrogens with zero attached hydrogens (tertiary/aromatic N) is 3. The van der Waals surface area contributed by atoms with Crippen LogP contribution < -0.4 is 0 Å². The fourth-order valence-corrected chi connectivity index (χ4v) is 7.38. The van der Waals surface area contributed by atoms with Crippen molar-refractivity contribution in [1.82, 2.24) is 14.1 Å². The van der Waals surface area contributed by atoms with E-state index < -0.39 is 10.0 Å². The number of halogens is 1. The lowest BCUT2D eigenvalue weighted by Gasteiger charge is -2.35. The Labute approximate surface area is 192 Å². The Bertz CT molecular complexity index is 1100. The molecule has 2 heterocycles. The van der Waals surface area contributed by atoms with Crippen molar-refractivity contribution in [3.63, 3.8) is 0 Å². The molecular formula is C22H24ClN3O3S2. The third-order valence-electron chi connectivity index (χ3n) is 5.91.